The Kier molecular flexibility index (Phi) is 10.6. The van der Waals surface area contributed by atoms with Crippen molar-refractivity contribution in [2.75, 3.05) is 44.3 Å². The maximum Gasteiger partial charge on any atom is 0.310 e. The number of sulfone groups is 1. The average molecular weight is 801 g/mol. The maximum absolute atomic E-state index is 12.8. The van der Waals surface area contributed by atoms with E-state index in [4.69, 9.17) is 4.74 Å². The van der Waals surface area contributed by atoms with Gasteiger partial charge in [0, 0.05) is 37.9 Å². The second kappa shape index (κ2) is 14.8. The zero-order chi connectivity index (χ0) is 40.5. The maximum atomic E-state index is 12.8. The van der Waals surface area contributed by atoms with Crippen LogP contribution < -0.4 is 10.1 Å². The number of allylic oxidation sites excluding steroid dienone is 4. The minimum atomic E-state index is -2.85. The Morgan fingerprint density at radius 1 is 0.965 bits per heavy atom. The summed E-state index contributed by atoms with van der Waals surface area (Å²) in [5, 5.41) is 24.1. The Balaban J connectivity index is 0.958. The summed E-state index contributed by atoms with van der Waals surface area (Å²) in [6.07, 6.45) is 21.4. The Morgan fingerprint density at radius 3 is 2.47 bits per heavy atom. The fourth-order valence-corrected chi connectivity index (χ4v) is 16.3. The molecule has 0 amide bonds. The van der Waals surface area contributed by atoms with Crippen LogP contribution in [0.25, 0.3) is 0 Å². The minimum Gasteiger partial charge on any atom is -0.481 e. The third kappa shape index (κ3) is 6.72. The molecule has 312 valence electrons. The van der Waals surface area contributed by atoms with Crippen LogP contribution in [-0.2, 0) is 14.6 Å². The Hall–Kier alpha value is -2.74. The van der Waals surface area contributed by atoms with Gasteiger partial charge in [-0.1, -0.05) is 53.2 Å². The predicted octanol–water partition coefficient (Wildman–Crippen LogP) is 8.37. The highest BCUT2D eigenvalue weighted by Gasteiger charge is 2.69. The van der Waals surface area contributed by atoms with Crippen molar-refractivity contribution in [1.82, 2.24) is 15.2 Å². The highest BCUT2D eigenvalue weighted by atomic mass is 32.2. The van der Waals surface area contributed by atoms with Gasteiger partial charge in [0.25, 0.3) is 0 Å². The van der Waals surface area contributed by atoms with Crippen LogP contribution in [0.4, 0.5) is 0 Å². The van der Waals surface area contributed by atoms with Crippen molar-refractivity contribution in [2.24, 2.45) is 50.7 Å². The van der Waals surface area contributed by atoms with Crippen LogP contribution in [0, 0.1) is 62.1 Å². The van der Waals surface area contributed by atoms with Crippen LogP contribution in [0.1, 0.15) is 130 Å². The molecule has 1 aliphatic heterocycles. The summed E-state index contributed by atoms with van der Waals surface area (Å²) in [6.45, 7) is 16.5. The molecule has 5 fully saturated rings. The van der Waals surface area contributed by atoms with Gasteiger partial charge >= 0.3 is 5.97 Å². The smallest absolute Gasteiger partial charge is 0.310 e. The molecular formula is C47H68N4O5S. The number of nitrogens with one attached hydrogen (secondary N) is 1. The van der Waals surface area contributed by atoms with E-state index in [9.17, 15) is 23.6 Å². The van der Waals surface area contributed by atoms with E-state index in [1.165, 1.54) is 68.9 Å². The van der Waals surface area contributed by atoms with Gasteiger partial charge in [0.2, 0.25) is 5.88 Å². The first-order valence-electron chi connectivity index (χ1n) is 22.3. The van der Waals surface area contributed by atoms with Gasteiger partial charge in [-0.3, -0.25) is 4.79 Å². The number of pyridine rings is 1. The Labute approximate surface area is 342 Å². The van der Waals surface area contributed by atoms with Crippen LogP contribution in [0.5, 0.6) is 5.88 Å². The topological polar surface area (TPSA) is 133 Å². The number of carbonyl (C=O) groups is 1. The number of nitriles is 1. The van der Waals surface area contributed by atoms with Crippen molar-refractivity contribution in [3.05, 3.63) is 47.2 Å². The van der Waals surface area contributed by atoms with E-state index in [1.807, 2.05) is 0 Å². The lowest BCUT2D eigenvalue weighted by Crippen LogP contribution is -2.67. The molecule has 0 aromatic carbocycles. The van der Waals surface area contributed by atoms with Crippen molar-refractivity contribution >= 4 is 15.8 Å². The van der Waals surface area contributed by atoms with Crippen molar-refractivity contribution < 1.29 is 23.1 Å². The highest BCUT2D eigenvalue weighted by Crippen LogP contribution is 2.76. The first-order chi connectivity index (χ1) is 27.0. The third-order valence-corrected chi connectivity index (χ3v) is 20.0. The van der Waals surface area contributed by atoms with E-state index < -0.39 is 21.2 Å². The van der Waals surface area contributed by atoms with Crippen molar-refractivity contribution in [3.63, 3.8) is 0 Å². The summed E-state index contributed by atoms with van der Waals surface area (Å²) in [4.78, 5) is 19.3. The van der Waals surface area contributed by atoms with E-state index in [0.29, 0.717) is 72.1 Å². The highest BCUT2D eigenvalue weighted by molar-refractivity contribution is 7.91. The van der Waals surface area contributed by atoms with E-state index in [0.717, 1.165) is 37.8 Å². The molecule has 4 saturated carbocycles. The first-order valence-corrected chi connectivity index (χ1v) is 24.1. The number of aliphatic carboxylic acids is 1. The van der Waals surface area contributed by atoms with Crippen LogP contribution in [0.3, 0.4) is 0 Å². The quantitative estimate of drug-likeness (QED) is 0.240. The fraction of sp³-hybridized carbons (Fsp3) is 0.766. The van der Waals surface area contributed by atoms with Crippen LogP contribution in [0.15, 0.2) is 41.6 Å². The molecule has 8 rings (SSSR count). The summed E-state index contributed by atoms with van der Waals surface area (Å²) >= 11 is 0. The number of carboxylic acid groups (broad SMARTS) is 1. The zero-order valence-electron chi connectivity index (χ0n) is 35.4. The van der Waals surface area contributed by atoms with Gasteiger partial charge in [-0.25, -0.2) is 13.4 Å². The summed E-state index contributed by atoms with van der Waals surface area (Å²) < 4.78 is 29.9. The molecule has 6 aliphatic carbocycles. The van der Waals surface area contributed by atoms with Crippen LogP contribution in [0.2, 0.25) is 0 Å². The van der Waals surface area contributed by atoms with Gasteiger partial charge in [0.15, 0.2) is 9.84 Å². The van der Waals surface area contributed by atoms with Crippen LogP contribution >= 0.6 is 0 Å². The van der Waals surface area contributed by atoms with Gasteiger partial charge in [-0.15, -0.1) is 0 Å². The SMILES string of the molecule is CC1(C)C(C2=CCC(CCOc3ncccc3C#N)(C(=O)O)CC2)=CCC2(C)C1CCC1(C)C2CCC2[C@H]3CCCC3(NCCN3CCS(=O)(=O)CC3)CC[C@]21C. The molecule has 1 aromatic heterocycles. The molecule has 7 unspecified atom stereocenters. The van der Waals surface area contributed by atoms with E-state index in [1.54, 1.807) is 18.3 Å². The summed E-state index contributed by atoms with van der Waals surface area (Å²) in [7, 11) is -2.85. The Bertz CT molecular complexity index is 1940. The van der Waals surface area contributed by atoms with Gasteiger partial charge in [0.1, 0.15) is 11.6 Å². The number of fused-ring (bicyclic) bond motifs is 7. The van der Waals surface area contributed by atoms with Crippen molar-refractivity contribution in [2.45, 2.75) is 130 Å². The number of hydrogen-bond donors (Lipinski definition) is 2. The van der Waals surface area contributed by atoms with E-state index in [2.05, 4.69) is 68.0 Å². The van der Waals surface area contributed by atoms with Gasteiger partial charge in [-0.2, -0.15) is 5.26 Å². The van der Waals surface area contributed by atoms with E-state index >= 15 is 0 Å². The summed E-state index contributed by atoms with van der Waals surface area (Å²) in [6, 6.07) is 5.48. The van der Waals surface area contributed by atoms with Gasteiger partial charge in [0.05, 0.1) is 23.5 Å². The normalized spacial score (nSPS) is 40.9. The molecule has 2 heterocycles. The number of ether oxygens (including phenoxy) is 1. The molecule has 57 heavy (non-hydrogen) atoms. The monoisotopic (exact) mass is 800 g/mol. The molecule has 1 aromatic rings. The Morgan fingerprint density at radius 2 is 1.75 bits per heavy atom. The lowest BCUT2D eigenvalue weighted by Gasteiger charge is -2.72. The number of nitrogens with zero attached hydrogens (tertiary/aromatic N) is 3. The second-order valence-corrected chi connectivity index (χ2v) is 23.2. The lowest BCUT2D eigenvalue weighted by atomic mass is 9.33. The molecule has 0 spiro atoms. The van der Waals surface area contributed by atoms with Gasteiger partial charge < -0.3 is 20.1 Å². The average Bonchev–Trinajstić information content (AvgIpc) is 3.60. The summed E-state index contributed by atoms with van der Waals surface area (Å²) in [5.41, 5.74) is 3.38. The standard InChI is InChI=1S/C47H68N4O5S/c1-42(2)35(33-12-19-46(20-13-33,41(52)53)23-29-56-40-34(32-48)8-7-24-49-40)14-17-43(3)38(42)15-18-45(5)39(43)11-10-36-37-9-6-16-47(37,22-21-44(36,45)4)50-25-26-51-27-30-57(54,55)31-28-51/h7-8,12,14,24,36-39,50H,6,9-11,13,15-23,25-31H2,1-5H3,(H,52,53)/t36?,37-,38?,39?,43?,44-,45?,46?,47?/m1/s1. The molecular weight excluding hydrogens is 733 g/mol. The number of hydrogen-bond acceptors (Lipinski definition) is 8. The van der Waals surface area contributed by atoms with Crippen LogP contribution in [-0.4, -0.2) is 79.2 Å². The third-order valence-electron chi connectivity index (χ3n) is 18.4. The minimum absolute atomic E-state index is 0.00651. The number of aromatic nitrogens is 1. The lowest BCUT2D eigenvalue weighted by molar-refractivity contribution is -0.218. The number of rotatable bonds is 10. The predicted molar refractivity (Wildman–Crippen MR) is 223 cm³/mol. The molecule has 10 heteroatoms. The molecule has 0 radical (unpaired) electrons. The largest absolute Gasteiger partial charge is 0.481 e. The number of carboxylic acids is 1. The van der Waals surface area contributed by atoms with Gasteiger partial charge in [-0.05, 0) is 152 Å². The van der Waals surface area contributed by atoms with Crippen molar-refractivity contribution in [1.29, 1.82) is 5.26 Å². The molecule has 1 saturated heterocycles. The summed E-state index contributed by atoms with van der Waals surface area (Å²) in [5.74, 6) is 2.84. The molecule has 9 nitrogen and oxygen atoms in total. The molecule has 0 bridgehead atoms. The second-order valence-electron chi connectivity index (χ2n) is 20.9. The van der Waals surface area contributed by atoms with Crippen molar-refractivity contribution in [3.8, 4) is 11.9 Å². The molecule has 7 aliphatic rings. The molecule has 9 atom stereocenters. The first kappa shape index (κ1) is 41.0. The fourth-order valence-electron chi connectivity index (χ4n) is 15.1. The zero-order valence-corrected chi connectivity index (χ0v) is 36.2. The molecule has 2 N–H and O–H groups in total. The van der Waals surface area contributed by atoms with E-state index in [-0.39, 0.29) is 28.9 Å².